The molecule has 0 aliphatic carbocycles. The van der Waals surface area contributed by atoms with Crippen LogP contribution in [0.25, 0.3) is 32.6 Å². The molecule has 3 aromatic carbocycles. The third kappa shape index (κ3) is 2.45. The quantitative estimate of drug-likeness (QED) is 0.557. The second kappa shape index (κ2) is 5.20. The van der Waals surface area contributed by atoms with Crippen molar-refractivity contribution in [3.05, 3.63) is 60.7 Å². The molecule has 0 aliphatic heterocycles. The van der Waals surface area contributed by atoms with Gasteiger partial charge in [-0.2, -0.15) is 0 Å². The van der Waals surface area contributed by atoms with Crippen LogP contribution >= 0.6 is 7.60 Å². The van der Waals surface area contributed by atoms with Crippen LogP contribution in [0.4, 0.5) is 0 Å². The molecule has 0 saturated carbocycles. The lowest BCUT2D eigenvalue weighted by atomic mass is 10.1. The Labute approximate surface area is 133 Å². The van der Waals surface area contributed by atoms with E-state index in [2.05, 4.69) is 30.3 Å². The van der Waals surface area contributed by atoms with Gasteiger partial charge in [-0.3, -0.25) is 4.57 Å². The number of aryl methyl sites for hydroxylation is 1. The van der Waals surface area contributed by atoms with Gasteiger partial charge in [0.05, 0.1) is 11.7 Å². The van der Waals surface area contributed by atoms with Crippen LogP contribution in [0.5, 0.6) is 0 Å². The molecule has 0 fully saturated rings. The summed E-state index contributed by atoms with van der Waals surface area (Å²) in [6.07, 6.45) is -0.163. The van der Waals surface area contributed by atoms with Gasteiger partial charge in [0, 0.05) is 28.2 Å². The van der Waals surface area contributed by atoms with Crippen molar-refractivity contribution < 1.29 is 14.4 Å². The van der Waals surface area contributed by atoms with Crippen molar-refractivity contribution in [1.29, 1.82) is 0 Å². The van der Waals surface area contributed by atoms with E-state index in [-0.39, 0.29) is 6.16 Å². The highest BCUT2D eigenvalue weighted by atomic mass is 31.2. The molecule has 5 heteroatoms. The summed E-state index contributed by atoms with van der Waals surface area (Å²) in [7, 11) is -4.04. The highest BCUT2D eigenvalue weighted by molar-refractivity contribution is 7.51. The molecular formula is C18H16NO3P. The van der Waals surface area contributed by atoms with Crippen molar-refractivity contribution in [2.45, 2.75) is 6.54 Å². The average molecular weight is 325 g/mol. The number of aromatic nitrogens is 1. The first-order valence-corrected chi connectivity index (χ1v) is 9.28. The Balaban J connectivity index is 2.10. The topological polar surface area (TPSA) is 62.5 Å². The van der Waals surface area contributed by atoms with Crippen LogP contribution < -0.4 is 0 Å². The number of benzene rings is 3. The zero-order valence-electron chi connectivity index (χ0n) is 12.4. The van der Waals surface area contributed by atoms with Gasteiger partial charge < -0.3 is 14.4 Å². The molecule has 0 saturated heterocycles. The second-order valence-corrected chi connectivity index (χ2v) is 7.52. The number of para-hydroxylation sites is 1. The van der Waals surface area contributed by atoms with Gasteiger partial charge in [0.1, 0.15) is 0 Å². The molecular weight excluding hydrogens is 309 g/mol. The Kier molecular flexibility index (Phi) is 3.27. The maximum absolute atomic E-state index is 11.3. The van der Waals surface area contributed by atoms with E-state index >= 15 is 0 Å². The first-order chi connectivity index (χ1) is 11.0. The van der Waals surface area contributed by atoms with Crippen LogP contribution in [0.15, 0.2) is 60.7 Å². The van der Waals surface area contributed by atoms with Gasteiger partial charge >= 0.3 is 7.60 Å². The smallest absolute Gasteiger partial charge is 0.327 e. The number of hydrogen-bond acceptors (Lipinski definition) is 1. The summed E-state index contributed by atoms with van der Waals surface area (Å²) in [5.41, 5.74) is 2.05. The van der Waals surface area contributed by atoms with E-state index in [1.54, 1.807) is 0 Å². The zero-order valence-corrected chi connectivity index (χ0v) is 13.3. The minimum atomic E-state index is -4.04. The minimum Gasteiger partial charge on any atom is -0.339 e. The van der Waals surface area contributed by atoms with E-state index in [4.69, 9.17) is 0 Å². The first-order valence-electron chi connectivity index (χ1n) is 7.48. The summed E-state index contributed by atoms with van der Waals surface area (Å²) in [5.74, 6) is 0. The maximum Gasteiger partial charge on any atom is 0.327 e. The molecule has 23 heavy (non-hydrogen) atoms. The fourth-order valence-electron chi connectivity index (χ4n) is 3.28. The lowest BCUT2D eigenvalue weighted by molar-refractivity contribution is 0.370. The van der Waals surface area contributed by atoms with E-state index in [1.807, 2.05) is 34.9 Å². The molecule has 0 atom stereocenters. The predicted molar refractivity (Wildman–Crippen MR) is 93.9 cm³/mol. The van der Waals surface area contributed by atoms with Gasteiger partial charge in [0.15, 0.2) is 0 Å². The average Bonchev–Trinajstić information content (AvgIpc) is 2.87. The van der Waals surface area contributed by atoms with E-state index in [9.17, 15) is 14.4 Å². The van der Waals surface area contributed by atoms with Crippen LogP contribution in [0.2, 0.25) is 0 Å². The van der Waals surface area contributed by atoms with Crippen LogP contribution in [0.3, 0.4) is 0 Å². The number of fused-ring (bicyclic) bond motifs is 5. The summed E-state index contributed by atoms with van der Waals surface area (Å²) in [4.78, 5) is 18.5. The zero-order chi connectivity index (χ0) is 16.0. The van der Waals surface area contributed by atoms with E-state index in [0.29, 0.717) is 6.54 Å². The molecule has 0 bridgehead atoms. The maximum atomic E-state index is 11.3. The highest BCUT2D eigenvalue weighted by Gasteiger charge is 2.17. The molecule has 1 aromatic heterocycles. The molecule has 0 spiro atoms. The highest BCUT2D eigenvalue weighted by Crippen LogP contribution is 2.38. The Morgan fingerprint density at radius 3 is 2.30 bits per heavy atom. The van der Waals surface area contributed by atoms with Gasteiger partial charge in [-0.05, 0) is 11.5 Å². The van der Waals surface area contributed by atoms with E-state index in [0.717, 1.165) is 32.6 Å². The largest absolute Gasteiger partial charge is 0.339 e. The molecule has 0 unspecified atom stereocenters. The number of nitrogens with zero attached hydrogens (tertiary/aromatic N) is 1. The summed E-state index contributed by atoms with van der Waals surface area (Å²) in [6, 6.07) is 20.3. The van der Waals surface area contributed by atoms with Crippen molar-refractivity contribution in [2.75, 3.05) is 6.16 Å². The van der Waals surface area contributed by atoms with Gasteiger partial charge in [-0.15, -0.1) is 0 Å². The number of rotatable bonds is 3. The van der Waals surface area contributed by atoms with Crippen LogP contribution in [0, 0.1) is 0 Å². The van der Waals surface area contributed by atoms with E-state index in [1.165, 1.54) is 0 Å². The fourth-order valence-corrected chi connectivity index (χ4v) is 3.74. The van der Waals surface area contributed by atoms with Gasteiger partial charge in [0.25, 0.3) is 0 Å². The Morgan fingerprint density at radius 2 is 1.52 bits per heavy atom. The minimum absolute atomic E-state index is 0.163. The second-order valence-electron chi connectivity index (χ2n) is 5.74. The molecule has 1 heterocycles. The third-order valence-corrected chi connectivity index (χ3v) is 5.05. The number of hydrogen-bond donors (Lipinski definition) is 2. The standard InChI is InChI=1S/C18H16NO3P/c20-23(21,22)12-11-19-17-8-4-3-7-15(17)16-10-9-13-5-1-2-6-14(13)18(16)19/h1-10H,11-12H2,(H2,20,21,22). The molecule has 0 amide bonds. The van der Waals surface area contributed by atoms with Crippen molar-refractivity contribution in [1.82, 2.24) is 4.57 Å². The Morgan fingerprint density at radius 1 is 0.826 bits per heavy atom. The van der Waals surface area contributed by atoms with Crippen molar-refractivity contribution in [3.63, 3.8) is 0 Å². The normalized spacial score (nSPS) is 12.4. The lowest BCUT2D eigenvalue weighted by Gasteiger charge is -2.10. The molecule has 4 aromatic rings. The van der Waals surface area contributed by atoms with Gasteiger partial charge in [-0.1, -0.05) is 54.6 Å². The Bertz CT molecular complexity index is 1080. The molecule has 116 valence electrons. The molecule has 4 nitrogen and oxygen atoms in total. The predicted octanol–water partition coefficient (Wildman–Crippen LogP) is 4.13. The Hall–Kier alpha value is -2.13. The monoisotopic (exact) mass is 325 g/mol. The molecule has 4 rings (SSSR count). The van der Waals surface area contributed by atoms with Crippen LogP contribution in [-0.4, -0.2) is 20.5 Å². The van der Waals surface area contributed by atoms with Crippen LogP contribution in [0.1, 0.15) is 0 Å². The summed E-state index contributed by atoms with van der Waals surface area (Å²) >= 11 is 0. The third-order valence-electron chi connectivity index (χ3n) is 4.27. The van der Waals surface area contributed by atoms with Gasteiger partial charge in [0.2, 0.25) is 0 Å². The van der Waals surface area contributed by atoms with Gasteiger partial charge in [-0.25, -0.2) is 0 Å². The summed E-state index contributed by atoms with van der Waals surface area (Å²) in [6.45, 7) is 0.294. The SMILES string of the molecule is O=P(O)(O)CCn1c2ccccc2c2ccc3ccccc3c21. The lowest BCUT2D eigenvalue weighted by Crippen LogP contribution is -2.03. The van der Waals surface area contributed by atoms with Crippen LogP contribution in [-0.2, 0) is 11.1 Å². The summed E-state index contributed by atoms with van der Waals surface area (Å²) in [5, 5.41) is 4.45. The van der Waals surface area contributed by atoms with E-state index < -0.39 is 7.60 Å². The van der Waals surface area contributed by atoms with Crippen molar-refractivity contribution in [3.8, 4) is 0 Å². The first kappa shape index (κ1) is 14.5. The van der Waals surface area contributed by atoms with Crippen molar-refractivity contribution in [2.24, 2.45) is 0 Å². The summed E-state index contributed by atoms with van der Waals surface area (Å²) < 4.78 is 13.4. The fraction of sp³-hybridized carbons (Fsp3) is 0.111. The van der Waals surface area contributed by atoms with Crippen molar-refractivity contribution >= 4 is 40.2 Å². The molecule has 0 radical (unpaired) electrons. The molecule has 0 aliphatic rings. The molecule has 2 N–H and O–H groups in total.